The second-order valence-electron chi connectivity index (χ2n) is 7.63. The Kier molecular flexibility index (Phi) is 7.82. The molecule has 0 fully saturated rings. The zero-order valence-electron chi connectivity index (χ0n) is 19.1. The van der Waals surface area contributed by atoms with Crippen LogP contribution in [0.3, 0.4) is 0 Å². The molecule has 0 saturated carbocycles. The van der Waals surface area contributed by atoms with Gasteiger partial charge in [-0.15, -0.1) is 0 Å². The van der Waals surface area contributed by atoms with Crippen molar-refractivity contribution in [1.29, 1.82) is 0 Å². The third-order valence-corrected chi connectivity index (χ3v) is 6.50. The minimum absolute atomic E-state index is 0.0192. The van der Waals surface area contributed by atoms with Gasteiger partial charge in [0.15, 0.2) is 0 Å². The lowest BCUT2D eigenvalue weighted by Crippen LogP contribution is -2.35. The highest BCUT2D eigenvalue weighted by atomic mass is 32.2. The Bertz CT molecular complexity index is 1370. The van der Waals surface area contributed by atoms with Crippen LogP contribution in [0.4, 0.5) is 17.1 Å². The number of likely N-dealkylation sites (N-methyl/N-ethyl adjacent to an activating group) is 1. The second-order valence-corrected chi connectivity index (χ2v) is 9.31. The number of anilines is 2. The number of nitro groups is 1. The molecule has 3 rings (SSSR count). The van der Waals surface area contributed by atoms with Crippen molar-refractivity contribution in [3.8, 4) is 0 Å². The van der Waals surface area contributed by atoms with Crippen LogP contribution in [0.15, 0.2) is 77.7 Å². The van der Waals surface area contributed by atoms with E-state index in [1.54, 1.807) is 18.2 Å². The van der Waals surface area contributed by atoms with Gasteiger partial charge in [-0.3, -0.25) is 24.4 Å². The van der Waals surface area contributed by atoms with Crippen molar-refractivity contribution >= 4 is 38.9 Å². The first-order valence-corrected chi connectivity index (χ1v) is 12.1. The molecule has 3 aromatic carbocycles. The number of benzene rings is 3. The van der Waals surface area contributed by atoms with Crippen LogP contribution < -0.4 is 10.0 Å². The Morgan fingerprint density at radius 1 is 0.971 bits per heavy atom. The number of nitrogens with zero attached hydrogens (tertiary/aromatic N) is 2. The van der Waals surface area contributed by atoms with Crippen molar-refractivity contribution in [3.05, 3.63) is 94.0 Å². The van der Waals surface area contributed by atoms with Crippen LogP contribution in [0, 0.1) is 10.1 Å². The van der Waals surface area contributed by atoms with Crippen LogP contribution in [0.25, 0.3) is 0 Å². The minimum Gasteiger partial charge on any atom is -0.332 e. The van der Waals surface area contributed by atoms with Gasteiger partial charge in [-0.1, -0.05) is 43.3 Å². The van der Waals surface area contributed by atoms with Gasteiger partial charge in [-0.05, 0) is 36.2 Å². The van der Waals surface area contributed by atoms with Gasteiger partial charge in [0.1, 0.15) is 0 Å². The molecule has 0 spiro atoms. The summed E-state index contributed by atoms with van der Waals surface area (Å²) in [6.45, 7) is 1.70. The van der Waals surface area contributed by atoms with E-state index in [9.17, 15) is 28.1 Å². The maximum Gasteiger partial charge on any atom is 0.270 e. The fourth-order valence-corrected chi connectivity index (χ4v) is 4.48. The molecule has 0 unspecified atom stereocenters. The van der Waals surface area contributed by atoms with E-state index in [4.69, 9.17) is 0 Å². The SMILES string of the molecule is CCc1ccccc1NC(=O)CN(C)C(=O)c1ccccc1NS(=O)(=O)c1cccc([N+](=O)[O-])c1. The van der Waals surface area contributed by atoms with Crippen LogP contribution in [-0.2, 0) is 21.2 Å². The maximum atomic E-state index is 13.1. The molecule has 182 valence electrons. The number of rotatable bonds is 9. The number of amides is 2. The van der Waals surface area contributed by atoms with Crippen molar-refractivity contribution in [2.45, 2.75) is 18.2 Å². The molecule has 0 heterocycles. The molecule has 10 nitrogen and oxygen atoms in total. The molecule has 2 N–H and O–H groups in total. The summed E-state index contributed by atoms with van der Waals surface area (Å²) in [5.41, 5.74) is 1.23. The highest BCUT2D eigenvalue weighted by molar-refractivity contribution is 7.92. The predicted molar refractivity (Wildman–Crippen MR) is 132 cm³/mol. The lowest BCUT2D eigenvalue weighted by Gasteiger charge is -2.20. The Labute approximate surface area is 202 Å². The van der Waals surface area contributed by atoms with E-state index in [-0.39, 0.29) is 28.4 Å². The van der Waals surface area contributed by atoms with Crippen LogP contribution in [-0.4, -0.2) is 43.6 Å². The van der Waals surface area contributed by atoms with Crippen LogP contribution >= 0.6 is 0 Å². The Morgan fingerprint density at radius 3 is 2.31 bits per heavy atom. The van der Waals surface area contributed by atoms with Crippen molar-refractivity contribution in [1.82, 2.24) is 4.90 Å². The number of aryl methyl sites for hydroxylation is 1. The lowest BCUT2D eigenvalue weighted by molar-refractivity contribution is -0.385. The van der Waals surface area contributed by atoms with Crippen molar-refractivity contribution in [2.24, 2.45) is 0 Å². The quantitative estimate of drug-likeness (QED) is 0.342. The van der Waals surface area contributed by atoms with Crippen molar-refractivity contribution in [2.75, 3.05) is 23.6 Å². The van der Waals surface area contributed by atoms with E-state index in [2.05, 4.69) is 10.0 Å². The van der Waals surface area contributed by atoms with Crippen LogP contribution in [0.5, 0.6) is 0 Å². The van der Waals surface area contributed by atoms with E-state index in [1.165, 1.54) is 48.3 Å². The molecule has 0 aliphatic rings. The number of nitrogens with one attached hydrogen (secondary N) is 2. The number of nitro benzene ring substituents is 1. The highest BCUT2D eigenvalue weighted by Gasteiger charge is 2.23. The monoisotopic (exact) mass is 496 g/mol. The van der Waals surface area contributed by atoms with Gasteiger partial charge >= 0.3 is 0 Å². The first-order valence-electron chi connectivity index (χ1n) is 10.6. The number of carbonyl (C=O) groups is 2. The first kappa shape index (κ1) is 25.4. The van der Waals surface area contributed by atoms with E-state index in [0.717, 1.165) is 18.1 Å². The standard InChI is InChI=1S/C24H24N4O6S/c1-3-17-9-4-6-13-21(17)25-23(29)16-27(2)24(30)20-12-5-7-14-22(20)26-35(33,34)19-11-8-10-18(15-19)28(31)32/h4-15,26H,3,16H2,1-2H3,(H,25,29). The topological polar surface area (TPSA) is 139 Å². The van der Waals surface area contributed by atoms with Gasteiger partial charge in [-0.25, -0.2) is 8.42 Å². The van der Waals surface area contributed by atoms with Gasteiger partial charge in [0.2, 0.25) is 5.91 Å². The molecule has 0 aromatic heterocycles. The molecular weight excluding hydrogens is 472 g/mol. The summed E-state index contributed by atoms with van der Waals surface area (Å²) in [6, 6.07) is 17.8. The molecule has 35 heavy (non-hydrogen) atoms. The van der Waals surface area contributed by atoms with Crippen LogP contribution in [0.1, 0.15) is 22.8 Å². The highest BCUT2D eigenvalue weighted by Crippen LogP contribution is 2.24. The minimum atomic E-state index is -4.23. The summed E-state index contributed by atoms with van der Waals surface area (Å²) in [5.74, 6) is -0.988. The van der Waals surface area contributed by atoms with Crippen molar-refractivity contribution < 1.29 is 22.9 Å². The molecular formula is C24H24N4O6S. The summed E-state index contributed by atoms with van der Waals surface area (Å²) < 4.78 is 28.0. The summed E-state index contributed by atoms with van der Waals surface area (Å²) in [5, 5.41) is 13.8. The van der Waals surface area contributed by atoms with Crippen LogP contribution in [0.2, 0.25) is 0 Å². The summed E-state index contributed by atoms with van der Waals surface area (Å²) in [7, 11) is -2.80. The zero-order valence-corrected chi connectivity index (χ0v) is 19.9. The van der Waals surface area contributed by atoms with Gasteiger partial charge in [0.25, 0.3) is 21.6 Å². The van der Waals surface area contributed by atoms with Crippen molar-refractivity contribution in [3.63, 3.8) is 0 Å². The number of para-hydroxylation sites is 2. The molecule has 0 aliphatic carbocycles. The second kappa shape index (κ2) is 10.8. The fourth-order valence-electron chi connectivity index (χ4n) is 3.36. The number of carbonyl (C=O) groups excluding carboxylic acids is 2. The summed E-state index contributed by atoms with van der Waals surface area (Å²) in [6.07, 6.45) is 0.726. The summed E-state index contributed by atoms with van der Waals surface area (Å²) in [4.78, 5) is 36.8. The Morgan fingerprint density at radius 2 is 1.63 bits per heavy atom. The van der Waals surface area contributed by atoms with Gasteiger partial charge in [0, 0.05) is 24.9 Å². The fraction of sp³-hybridized carbons (Fsp3) is 0.167. The lowest BCUT2D eigenvalue weighted by atomic mass is 10.1. The predicted octanol–water partition coefficient (Wildman–Crippen LogP) is 3.67. The van der Waals surface area contributed by atoms with E-state index < -0.39 is 26.8 Å². The molecule has 0 atom stereocenters. The molecule has 0 saturated heterocycles. The van der Waals surface area contributed by atoms with Gasteiger partial charge < -0.3 is 10.2 Å². The van der Waals surface area contributed by atoms with E-state index in [1.807, 2.05) is 19.1 Å². The average Bonchev–Trinajstić information content (AvgIpc) is 2.84. The normalized spacial score (nSPS) is 10.9. The smallest absolute Gasteiger partial charge is 0.270 e. The molecule has 2 amide bonds. The molecule has 11 heteroatoms. The number of sulfonamides is 1. The third kappa shape index (κ3) is 6.21. The molecule has 3 aromatic rings. The Hall–Kier alpha value is -4.25. The third-order valence-electron chi connectivity index (χ3n) is 5.14. The summed E-state index contributed by atoms with van der Waals surface area (Å²) >= 11 is 0. The molecule has 0 aliphatic heterocycles. The van der Waals surface area contributed by atoms with E-state index in [0.29, 0.717) is 5.69 Å². The molecule has 0 radical (unpaired) electrons. The van der Waals surface area contributed by atoms with Gasteiger partial charge in [0.05, 0.1) is 27.6 Å². The number of non-ortho nitro benzene ring substituents is 1. The van der Waals surface area contributed by atoms with Gasteiger partial charge in [-0.2, -0.15) is 0 Å². The maximum absolute atomic E-state index is 13.1. The largest absolute Gasteiger partial charge is 0.332 e. The number of hydrogen-bond acceptors (Lipinski definition) is 6. The first-order chi connectivity index (χ1) is 16.6. The number of hydrogen-bond donors (Lipinski definition) is 2. The Balaban J connectivity index is 1.77. The average molecular weight is 497 g/mol. The molecule has 0 bridgehead atoms. The van der Waals surface area contributed by atoms with E-state index >= 15 is 0 Å². The zero-order chi connectivity index (χ0) is 25.6.